The lowest BCUT2D eigenvalue weighted by molar-refractivity contribution is 0.0265. The molecule has 0 spiro atoms. The van der Waals surface area contributed by atoms with Crippen molar-refractivity contribution >= 4 is 8.80 Å². The summed E-state index contributed by atoms with van der Waals surface area (Å²) in [6.07, 6.45) is 15.5. The molecule has 0 amide bonds. The maximum Gasteiger partial charge on any atom is 0.543 e. The van der Waals surface area contributed by atoms with Crippen molar-refractivity contribution in [2.45, 2.75) is 110 Å². The van der Waals surface area contributed by atoms with Gasteiger partial charge in [-0.2, -0.15) is 0 Å². The number of hydrogen-bond donors (Lipinski definition) is 0. The molecule has 0 bridgehead atoms. The highest BCUT2D eigenvalue weighted by molar-refractivity contribution is 6.62. The summed E-state index contributed by atoms with van der Waals surface area (Å²) in [6.45, 7) is 9.99. The van der Waals surface area contributed by atoms with Crippen LogP contribution in [-0.2, 0) is 13.3 Å². The Kier molecular flexibility index (Phi) is 16.9. The van der Waals surface area contributed by atoms with Gasteiger partial charge in [0.25, 0.3) is 0 Å². The normalized spacial score (nSPS) is 12.8. The van der Waals surface area contributed by atoms with Crippen molar-refractivity contribution in [3.05, 3.63) is 30.3 Å². The number of rotatable bonds is 21. The summed E-state index contributed by atoms with van der Waals surface area (Å²) in [7, 11) is -2.93. The van der Waals surface area contributed by atoms with E-state index in [9.17, 15) is 0 Å². The highest BCUT2D eigenvalue weighted by Gasteiger charge is 2.51. The molecule has 4 nitrogen and oxygen atoms in total. The Morgan fingerprint density at radius 3 is 1.52 bits per heavy atom. The van der Waals surface area contributed by atoms with Crippen LogP contribution in [0.5, 0.6) is 5.75 Å². The number of para-hydroxylation sites is 1. The van der Waals surface area contributed by atoms with Crippen LogP contribution in [0.4, 0.5) is 0 Å². The average Bonchev–Trinajstić information content (AvgIpc) is 2.78. The van der Waals surface area contributed by atoms with Crippen molar-refractivity contribution < 1.29 is 18.0 Å². The minimum Gasteiger partial charge on any atom is -0.486 e. The van der Waals surface area contributed by atoms with Crippen molar-refractivity contribution in [1.29, 1.82) is 0 Å². The van der Waals surface area contributed by atoms with Crippen LogP contribution < -0.4 is 4.74 Å². The first-order valence-corrected chi connectivity index (χ1v) is 14.7. The van der Waals surface area contributed by atoms with E-state index in [1.165, 1.54) is 64.2 Å². The second kappa shape index (κ2) is 18.7. The molecular weight excluding hydrogens is 404 g/mol. The second-order valence-corrected chi connectivity index (χ2v) is 10.9. The van der Waals surface area contributed by atoms with Crippen molar-refractivity contribution in [3.8, 4) is 5.75 Å². The molecular formula is C26H48O4Si. The predicted molar refractivity (Wildman–Crippen MR) is 133 cm³/mol. The summed E-state index contributed by atoms with van der Waals surface area (Å²) in [5.41, 5.74) is -0.173. The van der Waals surface area contributed by atoms with Gasteiger partial charge in [0.2, 0.25) is 0 Å². The van der Waals surface area contributed by atoms with E-state index in [-0.39, 0.29) is 5.73 Å². The highest BCUT2D eigenvalue weighted by Crippen LogP contribution is 2.26. The lowest BCUT2D eigenvalue weighted by Gasteiger charge is -2.35. The summed E-state index contributed by atoms with van der Waals surface area (Å²) in [4.78, 5) is 0. The molecule has 180 valence electrons. The molecule has 1 rings (SSSR count). The first kappa shape index (κ1) is 28.2. The summed E-state index contributed by atoms with van der Waals surface area (Å²) in [6, 6.07) is 10.00. The van der Waals surface area contributed by atoms with E-state index in [1.807, 2.05) is 51.1 Å². The molecule has 1 atom stereocenters. The van der Waals surface area contributed by atoms with E-state index in [0.717, 1.165) is 18.6 Å². The van der Waals surface area contributed by atoms with E-state index in [4.69, 9.17) is 18.0 Å². The zero-order valence-corrected chi connectivity index (χ0v) is 21.7. The van der Waals surface area contributed by atoms with E-state index in [2.05, 4.69) is 6.92 Å². The molecule has 0 fully saturated rings. The van der Waals surface area contributed by atoms with E-state index in [1.54, 1.807) is 0 Å². The third-order valence-electron chi connectivity index (χ3n) is 5.52. The molecule has 0 aliphatic heterocycles. The van der Waals surface area contributed by atoms with Gasteiger partial charge < -0.3 is 18.0 Å². The van der Waals surface area contributed by atoms with Gasteiger partial charge in [0.15, 0.2) is 5.73 Å². The van der Waals surface area contributed by atoms with Gasteiger partial charge >= 0.3 is 8.80 Å². The van der Waals surface area contributed by atoms with Crippen LogP contribution in [0.2, 0.25) is 0 Å². The molecule has 0 aliphatic rings. The quantitative estimate of drug-likeness (QED) is 0.141. The van der Waals surface area contributed by atoms with Gasteiger partial charge in [0, 0.05) is 19.8 Å². The summed E-state index contributed by atoms with van der Waals surface area (Å²) in [5, 5.41) is 0. The van der Waals surface area contributed by atoms with E-state index < -0.39 is 8.80 Å². The van der Waals surface area contributed by atoms with Crippen LogP contribution in [0.15, 0.2) is 30.3 Å². The van der Waals surface area contributed by atoms with Crippen LogP contribution >= 0.6 is 0 Å². The third-order valence-corrected chi connectivity index (χ3v) is 8.79. The van der Waals surface area contributed by atoms with Gasteiger partial charge in [-0.05, 0) is 45.7 Å². The third kappa shape index (κ3) is 12.1. The summed E-state index contributed by atoms with van der Waals surface area (Å²) >= 11 is 0. The molecule has 1 aromatic rings. The fraction of sp³-hybridized carbons (Fsp3) is 0.769. The number of ether oxygens (including phenoxy) is 1. The number of benzene rings is 1. The Labute approximate surface area is 193 Å². The summed E-state index contributed by atoms with van der Waals surface area (Å²) in [5.74, 6) is 0.853. The molecule has 5 heteroatoms. The zero-order valence-electron chi connectivity index (χ0n) is 20.7. The molecule has 31 heavy (non-hydrogen) atoms. The van der Waals surface area contributed by atoms with Gasteiger partial charge in [-0.3, -0.25) is 0 Å². The van der Waals surface area contributed by atoms with Crippen LogP contribution in [0.25, 0.3) is 0 Å². The summed E-state index contributed by atoms with van der Waals surface area (Å²) < 4.78 is 24.9. The topological polar surface area (TPSA) is 36.9 Å². The van der Waals surface area contributed by atoms with Crippen LogP contribution in [-0.4, -0.2) is 34.4 Å². The molecule has 0 saturated heterocycles. The molecule has 1 aromatic carbocycles. The largest absolute Gasteiger partial charge is 0.543 e. The van der Waals surface area contributed by atoms with Gasteiger partial charge in [0.05, 0.1) is 0 Å². The standard InChI is InChI=1S/C26H48O4Si/c1-5-9-10-11-12-13-14-15-16-17-21-24-26(30-25-22-19-18-20-23-25)31(27-6-2,28-7-3)29-8-4/h18-20,22-23,26H,5-17,21,24H2,1-4H3. The lowest BCUT2D eigenvalue weighted by atomic mass is 10.1. The predicted octanol–water partition coefficient (Wildman–Crippen LogP) is 7.72. The Morgan fingerprint density at radius 2 is 1.06 bits per heavy atom. The number of hydrogen-bond acceptors (Lipinski definition) is 4. The minimum atomic E-state index is -2.93. The van der Waals surface area contributed by atoms with Crippen LogP contribution in [0.3, 0.4) is 0 Å². The first-order valence-electron chi connectivity index (χ1n) is 12.9. The lowest BCUT2D eigenvalue weighted by Crippen LogP contribution is -2.59. The Hall–Kier alpha value is -0.883. The van der Waals surface area contributed by atoms with Crippen molar-refractivity contribution in [2.24, 2.45) is 0 Å². The van der Waals surface area contributed by atoms with Gasteiger partial charge in [-0.15, -0.1) is 0 Å². The van der Waals surface area contributed by atoms with Gasteiger partial charge in [0.1, 0.15) is 5.75 Å². The van der Waals surface area contributed by atoms with Gasteiger partial charge in [-0.1, -0.05) is 89.3 Å². The van der Waals surface area contributed by atoms with Crippen LogP contribution in [0, 0.1) is 0 Å². The van der Waals surface area contributed by atoms with Gasteiger partial charge in [-0.25, -0.2) is 0 Å². The zero-order chi connectivity index (χ0) is 22.6. The smallest absolute Gasteiger partial charge is 0.486 e. The number of unbranched alkanes of at least 4 members (excludes halogenated alkanes) is 10. The monoisotopic (exact) mass is 452 g/mol. The van der Waals surface area contributed by atoms with Crippen molar-refractivity contribution in [1.82, 2.24) is 0 Å². The second-order valence-electron chi connectivity index (χ2n) is 8.15. The maximum absolute atomic E-state index is 6.42. The Balaban J connectivity index is 2.53. The van der Waals surface area contributed by atoms with E-state index >= 15 is 0 Å². The molecule has 0 aromatic heterocycles. The molecule has 0 aliphatic carbocycles. The maximum atomic E-state index is 6.42. The fourth-order valence-corrected chi connectivity index (χ4v) is 6.83. The van der Waals surface area contributed by atoms with Crippen molar-refractivity contribution in [3.63, 3.8) is 0 Å². The molecule has 0 N–H and O–H groups in total. The fourth-order valence-electron chi connectivity index (χ4n) is 3.97. The molecule has 1 unspecified atom stereocenters. The van der Waals surface area contributed by atoms with Crippen molar-refractivity contribution in [2.75, 3.05) is 19.8 Å². The van der Waals surface area contributed by atoms with Crippen LogP contribution in [0.1, 0.15) is 105 Å². The minimum absolute atomic E-state index is 0.173. The Bertz CT molecular complexity index is 494. The molecule has 0 heterocycles. The molecule has 0 saturated carbocycles. The SMILES string of the molecule is CCCCCCCCCCCCCC(Oc1ccccc1)[Si](OCC)(OCC)OCC. The Morgan fingerprint density at radius 1 is 0.613 bits per heavy atom. The first-order chi connectivity index (χ1) is 15.2. The van der Waals surface area contributed by atoms with E-state index in [0.29, 0.717) is 19.8 Å². The average molecular weight is 453 g/mol. The highest BCUT2D eigenvalue weighted by atomic mass is 28.4. The molecule has 0 radical (unpaired) electrons.